The Morgan fingerprint density at radius 3 is 2.58 bits per heavy atom. The second-order valence-electron chi connectivity index (χ2n) is 8.47. The summed E-state index contributed by atoms with van der Waals surface area (Å²) in [6, 6.07) is 5.03. The number of amides is 1. The second-order valence-corrected chi connectivity index (χ2v) is 8.47. The molecule has 5 rings (SSSR count). The van der Waals surface area contributed by atoms with Gasteiger partial charge in [0.05, 0.1) is 29.2 Å². The average Bonchev–Trinajstić information content (AvgIpc) is 3.53. The van der Waals surface area contributed by atoms with Crippen molar-refractivity contribution in [1.82, 2.24) is 19.8 Å². The van der Waals surface area contributed by atoms with E-state index < -0.39 is 17.6 Å². The van der Waals surface area contributed by atoms with Crippen LogP contribution in [0.2, 0.25) is 0 Å². The number of aromatic nitrogens is 2. The zero-order chi connectivity index (χ0) is 21.6. The van der Waals surface area contributed by atoms with Gasteiger partial charge in [-0.2, -0.15) is 13.2 Å². The van der Waals surface area contributed by atoms with E-state index in [0.717, 1.165) is 24.6 Å². The molecule has 0 radical (unpaired) electrons. The molecular weight excluding hydrogens is 409 g/mol. The normalized spacial score (nSPS) is 24.2. The SMILES string of the molecule is O=C(c1ccccc1C(F)(F)F)N1CCN2C[C@H](Oc3cnc(C4CC4)cn3)C[C@H]2C1. The van der Waals surface area contributed by atoms with Crippen LogP contribution in [-0.4, -0.2) is 64.0 Å². The fourth-order valence-corrected chi connectivity index (χ4v) is 4.50. The van der Waals surface area contributed by atoms with Crippen molar-refractivity contribution in [1.29, 1.82) is 0 Å². The molecule has 1 aromatic heterocycles. The van der Waals surface area contributed by atoms with Gasteiger partial charge in [-0.15, -0.1) is 0 Å². The van der Waals surface area contributed by atoms with Crippen LogP contribution in [0.15, 0.2) is 36.7 Å². The minimum atomic E-state index is -4.56. The van der Waals surface area contributed by atoms with Gasteiger partial charge in [0.25, 0.3) is 5.91 Å². The van der Waals surface area contributed by atoms with Gasteiger partial charge in [0.15, 0.2) is 0 Å². The van der Waals surface area contributed by atoms with Gasteiger partial charge in [-0.1, -0.05) is 12.1 Å². The Bertz CT molecular complexity index is 962. The number of halogens is 3. The first kappa shape index (κ1) is 20.2. The van der Waals surface area contributed by atoms with E-state index in [1.54, 1.807) is 12.4 Å². The lowest BCUT2D eigenvalue weighted by atomic mass is 10.0. The number of benzene rings is 1. The number of nitrogens with zero attached hydrogens (tertiary/aromatic N) is 4. The number of piperazine rings is 1. The van der Waals surface area contributed by atoms with Crippen LogP contribution in [0.3, 0.4) is 0 Å². The van der Waals surface area contributed by atoms with Crippen LogP contribution >= 0.6 is 0 Å². The molecule has 0 spiro atoms. The van der Waals surface area contributed by atoms with E-state index in [1.807, 2.05) is 0 Å². The number of fused-ring (bicyclic) bond motifs is 1. The van der Waals surface area contributed by atoms with E-state index in [2.05, 4.69) is 14.9 Å². The van der Waals surface area contributed by atoms with Crippen molar-refractivity contribution in [3.8, 4) is 5.88 Å². The predicted octanol–water partition coefficient (Wildman–Crippen LogP) is 3.35. The van der Waals surface area contributed by atoms with Crippen LogP contribution in [0.1, 0.15) is 46.8 Å². The molecule has 3 aliphatic rings. The monoisotopic (exact) mass is 432 g/mol. The quantitative estimate of drug-likeness (QED) is 0.742. The molecule has 1 saturated carbocycles. The molecule has 2 saturated heterocycles. The zero-order valence-electron chi connectivity index (χ0n) is 16.9. The number of ether oxygens (including phenoxy) is 1. The molecule has 164 valence electrons. The van der Waals surface area contributed by atoms with Crippen molar-refractivity contribution in [2.24, 2.45) is 0 Å². The minimum Gasteiger partial charge on any atom is -0.472 e. The summed E-state index contributed by atoms with van der Waals surface area (Å²) < 4.78 is 45.9. The molecule has 3 fully saturated rings. The predicted molar refractivity (Wildman–Crippen MR) is 106 cm³/mol. The number of alkyl halides is 3. The van der Waals surface area contributed by atoms with Crippen molar-refractivity contribution < 1.29 is 22.7 Å². The molecule has 3 heterocycles. The van der Waals surface area contributed by atoms with Crippen LogP contribution in [0.4, 0.5) is 13.2 Å². The van der Waals surface area contributed by atoms with E-state index in [4.69, 9.17) is 4.74 Å². The molecule has 0 bridgehead atoms. The number of rotatable bonds is 4. The highest BCUT2D eigenvalue weighted by Crippen LogP contribution is 2.38. The molecule has 9 heteroatoms. The van der Waals surface area contributed by atoms with Crippen molar-refractivity contribution in [3.05, 3.63) is 53.5 Å². The first-order chi connectivity index (χ1) is 14.9. The van der Waals surface area contributed by atoms with E-state index in [0.29, 0.717) is 44.4 Å². The fraction of sp³-hybridized carbons (Fsp3) is 0.500. The summed E-state index contributed by atoms with van der Waals surface area (Å²) in [6.07, 6.45) is 1.81. The second kappa shape index (κ2) is 7.78. The van der Waals surface area contributed by atoms with E-state index in [1.165, 1.54) is 23.1 Å². The molecule has 0 unspecified atom stereocenters. The maximum atomic E-state index is 13.3. The topological polar surface area (TPSA) is 58.6 Å². The molecule has 2 aromatic rings. The molecule has 31 heavy (non-hydrogen) atoms. The zero-order valence-corrected chi connectivity index (χ0v) is 16.9. The van der Waals surface area contributed by atoms with E-state index in [-0.39, 0.29) is 17.7 Å². The summed E-state index contributed by atoms with van der Waals surface area (Å²) in [4.78, 5) is 25.4. The number of hydrogen-bond acceptors (Lipinski definition) is 5. The number of hydrogen-bond donors (Lipinski definition) is 0. The third-order valence-electron chi connectivity index (χ3n) is 6.26. The van der Waals surface area contributed by atoms with Gasteiger partial charge in [-0.25, -0.2) is 4.98 Å². The standard InChI is InChI=1S/C22H23F3N4O2/c23-22(24,25)18-4-2-1-3-17(18)21(30)29-8-7-28-13-16(9-15(28)12-29)31-20-11-26-19(10-27-20)14-5-6-14/h1-4,10-11,14-16H,5-9,12-13H2/t15-,16+/m0/s1. The first-order valence-corrected chi connectivity index (χ1v) is 10.6. The summed E-state index contributed by atoms with van der Waals surface area (Å²) in [5.74, 6) is 0.452. The summed E-state index contributed by atoms with van der Waals surface area (Å²) in [6.45, 7) is 2.09. The van der Waals surface area contributed by atoms with Gasteiger partial charge < -0.3 is 9.64 Å². The van der Waals surface area contributed by atoms with Crippen LogP contribution in [0, 0.1) is 0 Å². The van der Waals surface area contributed by atoms with Gasteiger partial charge in [0.1, 0.15) is 6.10 Å². The maximum absolute atomic E-state index is 13.3. The van der Waals surface area contributed by atoms with E-state index >= 15 is 0 Å². The Balaban J connectivity index is 1.22. The molecular formula is C22H23F3N4O2. The van der Waals surface area contributed by atoms with Crippen molar-refractivity contribution in [2.75, 3.05) is 26.2 Å². The first-order valence-electron chi connectivity index (χ1n) is 10.6. The Morgan fingerprint density at radius 2 is 1.87 bits per heavy atom. The van der Waals surface area contributed by atoms with Crippen LogP contribution in [-0.2, 0) is 6.18 Å². The summed E-state index contributed by atoms with van der Waals surface area (Å²) in [7, 11) is 0. The minimum absolute atomic E-state index is 0.0550. The van der Waals surface area contributed by atoms with Crippen LogP contribution < -0.4 is 4.74 Å². The molecule has 1 aliphatic carbocycles. The largest absolute Gasteiger partial charge is 0.472 e. The van der Waals surface area contributed by atoms with Crippen molar-refractivity contribution in [2.45, 2.75) is 43.5 Å². The highest BCUT2D eigenvalue weighted by Gasteiger charge is 2.41. The highest BCUT2D eigenvalue weighted by atomic mass is 19.4. The number of carbonyl (C=O) groups excluding carboxylic acids is 1. The van der Waals surface area contributed by atoms with Crippen LogP contribution in [0.5, 0.6) is 5.88 Å². The van der Waals surface area contributed by atoms with Gasteiger partial charge in [-0.3, -0.25) is 14.7 Å². The highest BCUT2D eigenvalue weighted by molar-refractivity contribution is 5.96. The maximum Gasteiger partial charge on any atom is 0.417 e. The molecule has 6 nitrogen and oxygen atoms in total. The Morgan fingerprint density at radius 1 is 1.06 bits per heavy atom. The lowest BCUT2D eigenvalue weighted by molar-refractivity contribution is -0.138. The van der Waals surface area contributed by atoms with E-state index in [9.17, 15) is 18.0 Å². The number of carbonyl (C=O) groups is 1. The molecule has 1 amide bonds. The smallest absolute Gasteiger partial charge is 0.417 e. The lowest BCUT2D eigenvalue weighted by Gasteiger charge is -2.37. The van der Waals surface area contributed by atoms with Gasteiger partial charge in [0, 0.05) is 44.6 Å². The molecule has 2 atom stereocenters. The summed E-state index contributed by atoms with van der Waals surface area (Å²) in [5, 5.41) is 0. The Kier molecular flexibility index (Phi) is 5.08. The van der Waals surface area contributed by atoms with Crippen LogP contribution in [0.25, 0.3) is 0 Å². The average molecular weight is 432 g/mol. The molecule has 0 N–H and O–H groups in total. The third-order valence-corrected chi connectivity index (χ3v) is 6.26. The lowest BCUT2D eigenvalue weighted by Crippen LogP contribution is -2.52. The summed E-state index contributed by atoms with van der Waals surface area (Å²) >= 11 is 0. The molecule has 2 aliphatic heterocycles. The van der Waals surface area contributed by atoms with Crippen molar-refractivity contribution >= 4 is 5.91 Å². The fourth-order valence-electron chi connectivity index (χ4n) is 4.50. The Labute approximate surface area is 178 Å². The van der Waals surface area contributed by atoms with Gasteiger partial charge >= 0.3 is 6.18 Å². The summed E-state index contributed by atoms with van der Waals surface area (Å²) in [5.41, 5.74) is -0.173. The van der Waals surface area contributed by atoms with Gasteiger partial charge in [0.2, 0.25) is 5.88 Å². The van der Waals surface area contributed by atoms with Crippen molar-refractivity contribution in [3.63, 3.8) is 0 Å². The molecule has 1 aromatic carbocycles. The third kappa shape index (κ3) is 4.23. The van der Waals surface area contributed by atoms with Gasteiger partial charge in [-0.05, 0) is 25.0 Å². The Hall–Kier alpha value is -2.68.